The SMILES string of the molecule is CCCCCC/C=C\CCCCCCCC(=O)NC(COP(=O)(O)OCCN)C(O)/C=C/CCCCCCCCCCCCCCCC. The maximum absolute atomic E-state index is 12.7. The van der Waals surface area contributed by atoms with E-state index in [1.807, 2.05) is 6.08 Å². The Morgan fingerprint density at radius 2 is 1.08 bits per heavy atom. The number of hydrogen-bond donors (Lipinski definition) is 4. The van der Waals surface area contributed by atoms with Crippen LogP contribution in [-0.4, -0.2) is 47.8 Å². The highest BCUT2D eigenvalue weighted by molar-refractivity contribution is 7.47. The summed E-state index contributed by atoms with van der Waals surface area (Å²) < 4.78 is 22.0. The Balaban J connectivity index is 4.29. The van der Waals surface area contributed by atoms with Gasteiger partial charge in [-0.2, -0.15) is 0 Å². The summed E-state index contributed by atoms with van der Waals surface area (Å²) >= 11 is 0. The van der Waals surface area contributed by atoms with E-state index in [1.54, 1.807) is 6.08 Å². The molecule has 9 heteroatoms. The molecule has 0 radical (unpaired) electrons. The van der Waals surface area contributed by atoms with E-state index in [2.05, 4.69) is 31.3 Å². The maximum atomic E-state index is 12.7. The molecule has 284 valence electrons. The highest BCUT2D eigenvalue weighted by Gasteiger charge is 2.26. The lowest BCUT2D eigenvalue weighted by molar-refractivity contribution is -0.123. The Kier molecular flexibility index (Phi) is 35.0. The molecule has 0 aromatic rings. The third-order valence-electron chi connectivity index (χ3n) is 8.77. The highest BCUT2D eigenvalue weighted by Crippen LogP contribution is 2.43. The number of carbonyl (C=O) groups is 1. The topological polar surface area (TPSA) is 131 Å². The van der Waals surface area contributed by atoms with Gasteiger partial charge in [0.2, 0.25) is 5.91 Å². The Labute approximate surface area is 296 Å². The quantitative estimate of drug-likeness (QED) is 0.0288. The van der Waals surface area contributed by atoms with Gasteiger partial charge in [0.1, 0.15) is 0 Å². The smallest absolute Gasteiger partial charge is 0.387 e. The number of phosphoric acid groups is 1. The minimum Gasteiger partial charge on any atom is -0.387 e. The van der Waals surface area contributed by atoms with Gasteiger partial charge in [0.25, 0.3) is 0 Å². The summed E-state index contributed by atoms with van der Waals surface area (Å²) in [6.07, 6.45) is 39.3. The third kappa shape index (κ3) is 33.5. The number of unbranched alkanes of at least 4 members (excludes halogenated alkanes) is 23. The summed E-state index contributed by atoms with van der Waals surface area (Å²) in [6, 6.07) is -0.860. The predicted octanol–water partition coefficient (Wildman–Crippen LogP) is 10.6. The molecular weight excluding hydrogens is 623 g/mol. The molecular formula is C39H77N2O6P. The summed E-state index contributed by atoms with van der Waals surface area (Å²) in [5.74, 6) is -0.204. The molecule has 0 rings (SSSR count). The molecule has 0 bridgehead atoms. The molecule has 5 N–H and O–H groups in total. The van der Waals surface area contributed by atoms with Crippen molar-refractivity contribution in [1.29, 1.82) is 0 Å². The Morgan fingerprint density at radius 1 is 0.667 bits per heavy atom. The lowest BCUT2D eigenvalue weighted by atomic mass is 10.0. The van der Waals surface area contributed by atoms with Crippen LogP contribution in [-0.2, 0) is 18.4 Å². The summed E-state index contributed by atoms with van der Waals surface area (Å²) in [5, 5.41) is 13.6. The first-order valence-corrected chi connectivity index (χ1v) is 21.5. The van der Waals surface area contributed by atoms with Crippen molar-refractivity contribution in [2.24, 2.45) is 5.73 Å². The fraction of sp³-hybridized carbons (Fsp3) is 0.872. The normalized spacial score (nSPS) is 14.5. The van der Waals surface area contributed by atoms with Crippen LogP contribution in [0.2, 0.25) is 0 Å². The molecule has 3 unspecified atom stereocenters. The molecule has 8 nitrogen and oxygen atoms in total. The minimum absolute atomic E-state index is 0.0779. The van der Waals surface area contributed by atoms with Gasteiger partial charge >= 0.3 is 7.82 Å². The first kappa shape index (κ1) is 47.0. The first-order chi connectivity index (χ1) is 23.4. The monoisotopic (exact) mass is 701 g/mol. The van der Waals surface area contributed by atoms with Crippen molar-refractivity contribution < 1.29 is 28.4 Å². The Morgan fingerprint density at radius 3 is 1.56 bits per heavy atom. The number of nitrogens with two attached hydrogens (primary N) is 1. The van der Waals surface area contributed by atoms with Crippen molar-refractivity contribution >= 4 is 13.7 Å². The van der Waals surface area contributed by atoms with Gasteiger partial charge in [0.15, 0.2) is 0 Å². The van der Waals surface area contributed by atoms with Crippen LogP contribution < -0.4 is 11.1 Å². The van der Waals surface area contributed by atoms with Gasteiger partial charge in [-0.3, -0.25) is 13.8 Å². The molecule has 3 atom stereocenters. The number of aliphatic hydroxyl groups excluding tert-OH is 1. The van der Waals surface area contributed by atoms with Gasteiger partial charge in [-0.25, -0.2) is 4.57 Å². The number of rotatable bonds is 37. The number of nitrogens with one attached hydrogen (secondary N) is 1. The van der Waals surface area contributed by atoms with Crippen LogP contribution in [0.25, 0.3) is 0 Å². The molecule has 0 aromatic heterocycles. The van der Waals surface area contributed by atoms with E-state index >= 15 is 0 Å². The van der Waals surface area contributed by atoms with Crippen LogP contribution in [0, 0.1) is 0 Å². The first-order valence-electron chi connectivity index (χ1n) is 20.0. The second-order valence-electron chi connectivity index (χ2n) is 13.5. The second kappa shape index (κ2) is 35.8. The number of carbonyl (C=O) groups excluding carboxylic acids is 1. The van der Waals surface area contributed by atoms with E-state index in [0.29, 0.717) is 6.42 Å². The number of phosphoric ester groups is 1. The summed E-state index contributed by atoms with van der Waals surface area (Å²) in [4.78, 5) is 22.6. The van der Waals surface area contributed by atoms with Crippen molar-refractivity contribution in [3.05, 3.63) is 24.3 Å². The zero-order valence-corrected chi connectivity index (χ0v) is 32.1. The molecule has 0 aliphatic heterocycles. The van der Waals surface area contributed by atoms with E-state index in [-0.39, 0.29) is 25.7 Å². The summed E-state index contributed by atoms with van der Waals surface area (Å²) in [6.45, 7) is 4.11. The average Bonchev–Trinajstić information content (AvgIpc) is 3.07. The van der Waals surface area contributed by atoms with Gasteiger partial charge in [0.05, 0.1) is 25.4 Å². The molecule has 0 saturated carbocycles. The fourth-order valence-corrected chi connectivity index (χ4v) is 6.47. The molecule has 1 amide bonds. The molecule has 0 aliphatic carbocycles. The number of allylic oxidation sites excluding steroid dienone is 3. The molecule has 0 saturated heterocycles. The van der Waals surface area contributed by atoms with Gasteiger partial charge < -0.3 is 21.1 Å². The Bertz CT molecular complexity index is 809. The average molecular weight is 701 g/mol. The van der Waals surface area contributed by atoms with Crippen molar-refractivity contribution in [2.45, 2.75) is 199 Å². The maximum Gasteiger partial charge on any atom is 0.472 e. The van der Waals surface area contributed by atoms with E-state index in [4.69, 9.17) is 14.8 Å². The fourth-order valence-electron chi connectivity index (χ4n) is 5.71. The Hall–Kier alpha value is -1.02. The van der Waals surface area contributed by atoms with Crippen LogP contribution in [0.1, 0.15) is 187 Å². The molecule has 0 aromatic carbocycles. The van der Waals surface area contributed by atoms with Crippen LogP contribution >= 0.6 is 7.82 Å². The molecule has 0 heterocycles. The van der Waals surface area contributed by atoms with Crippen molar-refractivity contribution in [1.82, 2.24) is 5.32 Å². The molecule has 0 spiro atoms. The molecule has 0 fully saturated rings. The van der Waals surface area contributed by atoms with E-state index in [9.17, 15) is 19.4 Å². The van der Waals surface area contributed by atoms with Crippen molar-refractivity contribution in [3.63, 3.8) is 0 Å². The van der Waals surface area contributed by atoms with Crippen molar-refractivity contribution in [2.75, 3.05) is 19.8 Å². The summed E-state index contributed by atoms with van der Waals surface area (Å²) in [5.41, 5.74) is 5.36. The minimum atomic E-state index is -4.33. The van der Waals surface area contributed by atoms with E-state index in [0.717, 1.165) is 51.4 Å². The van der Waals surface area contributed by atoms with E-state index in [1.165, 1.54) is 116 Å². The highest BCUT2D eigenvalue weighted by atomic mass is 31.2. The van der Waals surface area contributed by atoms with Crippen LogP contribution in [0.4, 0.5) is 0 Å². The van der Waals surface area contributed by atoms with Gasteiger partial charge in [0, 0.05) is 13.0 Å². The zero-order valence-electron chi connectivity index (χ0n) is 31.2. The molecule has 0 aliphatic rings. The van der Waals surface area contributed by atoms with Crippen LogP contribution in [0.3, 0.4) is 0 Å². The van der Waals surface area contributed by atoms with Gasteiger partial charge in [-0.15, -0.1) is 0 Å². The summed E-state index contributed by atoms with van der Waals surface area (Å²) in [7, 11) is -4.33. The van der Waals surface area contributed by atoms with Crippen LogP contribution in [0.15, 0.2) is 24.3 Å². The standard InChI is InChI=1S/C39H77N2O6P/c1-3-5-7-9-11-13-15-17-18-19-21-22-24-26-28-30-32-38(42)37(36-47-48(44,45)46-35-34-40)41-39(43)33-31-29-27-25-23-20-16-14-12-10-8-6-4-2/h14,16,30,32,37-38,42H,3-13,15,17-29,31,33-36,40H2,1-2H3,(H,41,43)(H,44,45)/b16-14-,32-30+. The number of aliphatic hydroxyl groups is 1. The lowest BCUT2D eigenvalue weighted by Crippen LogP contribution is -2.45. The lowest BCUT2D eigenvalue weighted by Gasteiger charge is -2.23. The molecule has 48 heavy (non-hydrogen) atoms. The van der Waals surface area contributed by atoms with E-state index < -0.39 is 20.0 Å². The third-order valence-corrected chi connectivity index (χ3v) is 9.76. The number of amides is 1. The largest absolute Gasteiger partial charge is 0.472 e. The van der Waals surface area contributed by atoms with Gasteiger partial charge in [-0.1, -0.05) is 160 Å². The number of hydrogen-bond acceptors (Lipinski definition) is 6. The van der Waals surface area contributed by atoms with Crippen LogP contribution in [0.5, 0.6) is 0 Å². The van der Waals surface area contributed by atoms with Crippen molar-refractivity contribution in [3.8, 4) is 0 Å². The second-order valence-corrected chi connectivity index (χ2v) is 14.9. The predicted molar refractivity (Wildman–Crippen MR) is 203 cm³/mol. The zero-order chi connectivity index (χ0) is 35.4. The van der Waals surface area contributed by atoms with Gasteiger partial charge in [-0.05, 0) is 44.9 Å².